The molecule has 0 aliphatic carbocycles. The molecule has 0 fully saturated rings. The molecule has 4 heteroatoms. The second-order valence-corrected chi connectivity index (χ2v) is 4.50. The number of fused-ring (bicyclic) bond motifs is 1. The van der Waals surface area contributed by atoms with Gasteiger partial charge >= 0.3 is 0 Å². The lowest BCUT2D eigenvalue weighted by atomic mass is 10.1. The van der Waals surface area contributed by atoms with Gasteiger partial charge in [-0.25, -0.2) is 0 Å². The number of likely N-dealkylation sites (N-methyl/N-ethyl adjacent to an activating group) is 1. The zero-order valence-electron chi connectivity index (χ0n) is 10.7. The van der Waals surface area contributed by atoms with Crippen LogP contribution in [0.4, 0.5) is 0 Å². The van der Waals surface area contributed by atoms with Gasteiger partial charge in [0.15, 0.2) is 0 Å². The third kappa shape index (κ3) is 3.05. The number of carbonyl (C=O) groups is 1. The van der Waals surface area contributed by atoms with Crippen molar-refractivity contribution in [3.63, 3.8) is 0 Å². The van der Waals surface area contributed by atoms with Crippen molar-refractivity contribution in [3.05, 3.63) is 42.2 Å². The van der Waals surface area contributed by atoms with Crippen molar-refractivity contribution < 1.29 is 4.79 Å². The number of rotatable bonds is 4. The topological polar surface area (TPSA) is 45.2 Å². The number of hydrogen-bond acceptors (Lipinski definition) is 3. The van der Waals surface area contributed by atoms with E-state index in [1.54, 1.807) is 12.4 Å². The maximum atomic E-state index is 11.9. The number of pyridine rings is 1. The molecular weight excluding hydrogens is 226 g/mol. The second kappa shape index (κ2) is 5.60. The van der Waals surface area contributed by atoms with E-state index in [2.05, 4.69) is 10.3 Å². The van der Waals surface area contributed by atoms with E-state index in [-0.39, 0.29) is 5.91 Å². The zero-order chi connectivity index (χ0) is 13.0. The number of nitrogens with zero attached hydrogens (tertiary/aromatic N) is 2. The molecule has 0 bridgehead atoms. The molecule has 1 aromatic carbocycles. The summed E-state index contributed by atoms with van der Waals surface area (Å²) < 4.78 is 0. The molecule has 0 atom stereocenters. The highest BCUT2D eigenvalue weighted by Gasteiger charge is 2.05. The lowest BCUT2D eigenvalue weighted by Gasteiger charge is -2.10. The summed E-state index contributed by atoms with van der Waals surface area (Å²) in [5.41, 5.74) is 0.687. The van der Waals surface area contributed by atoms with Gasteiger partial charge in [-0.3, -0.25) is 9.78 Å². The van der Waals surface area contributed by atoms with E-state index in [0.717, 1.165) is 17.3 Å². The highest BCUT2D eigenvalue weighted by Crippen LogP contribution is 2.14. The predicted molar refractivity (Wildman–Crippen MR) is 72.6 cm³/mol. The number of benzene rings is 1. The summed E-state index contributed by atoms with van der Waals surface area (Å²) in [5.74, 6) is -0.0319. The van der Waals surface area contributed by atoms with Crippen LogP contribution in [-0.4, -0.2) is 43.0 Å². The Kier molecular flexibility index (Phi) is 3.89. The molecule has 2 aromatic rings. The Hall–Kier alpha value is -1.94. The molecule has 0 radical (unpaired) electrons. The first-order chi connectivity index (χ1) is 8.66. The van der Waals surface area contributed by atoms with Gasteiger partial charge in [0.05, 0.1) is 0 Å². The number of amides is 1. The molecule has 94 valence electrons. The SMILES string of the molecule is CN(C)CCNC(=O)c1ccc2cnccc2c1. The molecule has 0 saturated heterocycles. The molecule has 18 heavy (non-hydrogen) atoms. The average molecular weight is 243 g/mol. The van der Waals surface area contributed by atoms with Crippen molar-refractivity contribution in [2.75, 3.05) is 27.2 Å². The molecular formula is C14H17N3O. The maximum absolute atomic E-state index is 11.9. The van der Waals surface area contributed by atoms with Crippen molar-refractivity contribution >= 4 is 16.7 Å². The van der Waals surface area contributed by atoms with E-state index in [1.807, 2.05) is 43.3 Å². The summed E-state index contributed by atoms with van der Waals surface area (Å²) in [7, 11) is 3.96. The molecule has 1 N–H and O–H groups in total. The molecule has 0 aliphatic heterocycles. The third-order valence-corrected chi connectivity index (χ3v) is 2.75. The van der Waals surface area contributed by atoms with E-state index >= 15 is 0 Å². The van der Waals surface area contributed by atoms with Gasteiger partial charge in [0.25, 0.3) is 5.91 Å². The fourth-order valence-corrected chi connectivity index (χ4v) is 1.72. The minimum Gasteiger partial charge on any atom is -0.351 e. The predicted octanol–water partition coefficient (Wildman–Crippen LogP) is 1.53. The maximum Gasteiger partial charge on any atom is 0.251 e. The average Bonchev–Trinajstić information content (AvgIpc) is 2.37. The van der Waals surface area contributed by atoms with Gasteiger partial charge < -0.3 is 10.2 Å². The lowest BCUT2D eigenvalue weighted by Crippen LogP contribution is -2.31. The van der Waals surface area contributed by atoms with E-state index in [1.165, 1.54) is 0 Å². The zero-order valence-corrected chi connectivity index (χ0v) is 10.7. The van der Waals surface area contributed by atoms with E-state index in [9.17, 15) is 4.79 Å². The van der Waals surface area contributed by atoms with Crippen LogP contribution in [0.1, 0.15) is 10.4 Å². The Morgan fingerprint density at radius 1 is 1.28 bits per heavy atom. The summed E-state index contributed by atoms with van der Waals surface area (Å²) in [5, 5.41) is 4.98. The second-order valence-electron chi connectivity index (χ2n) is 4.50. The standard InChI is InChI=1S/C14H17N3O/c1-17(2)8-7-16-14(18)12-3-4-13-10-15-6-5-11(13)9-12/h3-6,9-10H,7-8H2,1-2H3,(H,16,18). The molecule has 0 saturated carbocycles. The minimum atomic E-state index is -0.0319. The first-order valence-electron chi connectivity index (χ1n) is 5.93. The van der Waals surface area contributed by atoms with Gasteiger partial charge in [0.1, 0.15) is 0 Å². The van der Waals surface area contributed by atoms with Crippen LogP contribution in [0.25, 0.3) is 10.8 Å². The molecule has 1 amide bonds. The van der Waals surface area contributed by atoms with Crippen LogP contribution in [0.15, 0.2) is 36.7 Å². The monoisotopic (exact) mass is 243 g/mol. The van der Waals surface area contributed by atoms with Crippen LogP contribution in [-0.2, 0) is 0 Å². The third-order valence-electron chi connectivity index (χ3n) is 2.75. The summed E-state index contributed by atoms with van der Waals surface area (Å²) in [6.07, 6.45) is 3.53. The van der Waals surface area contributed by atoms with E-state index in [0.29, 0.717) is 12.1 Å². The highest BCUT2D eigenvalue weighted by molar-refractivity contribution is 5.98. The molecule has 0 spiro atoms. The first kappa shape index (κ1) is 12.5. The fraction of sp³-hybridized carbons (Fsp3) is 0.286. The number of carbonyl (C=O) groups excluding carboxylic acids is 1. The molecule has 2 rings (SSSR count). The summed E-state index contributed by atoms with van der Waals surface area (Å²) in [6, 6.07) is 7.55. The highest BCUT2D eigenvalue weighted by atomic mass is 16.1. The Morgan fingerprint density at radius 3 is 2.89 bits per heavy atom. The van der Waals surface area contributed by atoms with Gasteiger partial charge in [-0.2, -0.15) is 0 Å². The van der Waals surface area contributed by atoms with Gasteiger partial charge in [0, 0.05) is 36.4 Å². The molecule has 0 unspecified atom stereocenters. The van der Waals surface area contributed by atoms with Crippen molar-refractivity contribution in [3.8, 4) is 0 Å². The molecule has 4 nitrogen and oxygen atoms in total. The fourth-order valence-electron chi connectivity index (χ4n) is 1.72. The normalized spacial score (nSPS) is 10.8. The minimum absolute atomic E-state index is 0.0319. The van der Waals surface area contributed by atoms with Crippen molar-refractivity contribution in [2.24, 2.45) is 0 Å². The summed E-state index contributed by atoms with van der Waals surface area (Å²) in [6.45, 7) is 1.49. The quantitative estimate of drug-likeness (QED) is 0.885. The van der Waals surface area contributed by atoms with Crippen molar-refractivity contribution in [1.82, 2.24) is 15.2 Å². The number of hydrogen-bond donors (Lipinski definition) is 1. The molecule has 1 aromatic heterocycles. The van der Waals surface area contributed by atoms with Crippen LogP contribution < -0.4 is 5.32 Å². The Morgan fingerprint density at radius 2 is 2.11 bits per heavy atom. The smallest absolute Gasteiger partial charge is 0.251 e. The number of aromatic nitrogens is 1. The van der Waals surface area contributed by atoms with E-state index in [4.69, 9.17) is 0 Å². The lowest BCUT2D eigenvalue weighted by molar-refractivity contribution is 0.0951. The Labute approximate surface area is 107 Å². The van der Waals surface area contributed by atoms with Gasteiger partial charge in [0.2, 0.25) is 0 Å². The van der Waals surface area contributed by atoms with Crippen molar-refractivity contribution in [2.45, 2.75) is 0 Å². The van der Waals surface area contributed by atoms with E-state index < -0.39 is 0 Å². The van der Waals surface area contributed by atoms with Gasteiger partial charge in [-0.05, 0) is 37.7 Å². The molecule has 0 aliphatic rings. The van der Waals surface area contributed by atoms with Gasteiger partial charge in [-0.15, -0.1) is 0 Å². The van der Waals surface area contributed by atoms with Crippen LogP contribution >= 0.6 is 0 Å². The number of nitrogens with one attached hydrogen (secondary N) is 1. The van der Waals surface area contributed by atoms with Crippen LogP contribution in [0, 0.1) is 0 Å². The summed E-state index contributed by atoms with van der Waals surface area (Å²) >= 11 is 0. The van der Waals surface area contributed by atoms with Crippen LogP contribution in [0.5, 0.6) is 0 Å². The van der Waals surface area contributed by atoms with Crippen molar-refractivity contribution in [1.29, 1.82) is 0 Å². The first-order valence-corrected chi connectivity index (χ1v) is 5.93. The van der Waals surface area contributed by atoms with Crippen LogP contribution in [0.3, 0.4) is 0 Å². The largest absolute Gasteiger partial charge is 0.351 e. The Balaban J connectivity index is 2.08. The molecule has 1 heterocycles. The van der Waals surface area contributed by atoms with Crippen LogP contribution in [0.2, 0.25) is 0 Å². The Bertz CT molecular complexity index is 551. The van der Waals surface area contributed by atoms with Gasteiger partial charge in [-0.1, -0.05) is 6.07 Å². The summed E-state index contributed by atoms with van der Waals surface area (Å²) in [4.78, 5) is 18.0.